The van der Waals surface area contributed by atoms with Gasteiger partial charge in [-0.1, -0.05) is 23.8 Å². The SMILES string of the molecule is Cc1ccc2c(c1)CCC2(O)CCN. The summed E-state index contributed by atoms with van der Waals surface area (Å²) in [4.78, 5) is 0. The lowest BCUT2D eigenvalue weighted by molar-refractivity contribution is 0.0320. The Morgan fingerprint density at radius 3 is 3.00 bits per heavy atom. The van der Waals surface area contributed by atoms with E-state index in [0.29, 0.717) is 13.0 Å². The Labute approximate surface area is 84.7 Å². The van der Waals surface area contributed by atoms with E-state index in [4.69, 9.17) is 5.73 Å². The van der Waals surface area contributed by atoms with Gasteiger partial charge in [0.1, 0.15) is 0 Å². The highest BCUT2D eigenvalue weighted by atomic mass is 16.3. The molecule has 14 heavy (non-hydrogen) atoms. The third kappa shape index (κ3) is 1.45. The summed E-state index contributed by atoms with van der Waals surface area (Å²) in [6, 6.07) is 6.28. The molecule has 2 nitrogen and oxygen atoms in total. The van der Waals surface area contributed by atoms with Crippen molar-refractivity contribution in [3.05, 3.63) is 34.9 Å². The van der Waals surface area contributed by atoms with Crippen LogP contribution in [0.4, 0.5) is 0 Å². The highest BCUT2D eigenvalue weighted by Crippen LogP contribution is 2.39. The van der Waals surface area contributed by atoms with E-state index in [1.54, 1.807) is 0 Å². The molecule has 0 radical (unpaired) electrons. The molecule has 0 bridgehead atoms. The number of aryl methyl sites for hydroxylation is 2. The molecule has 1 aromatic carbocycles. The molecule has 0 saturated carbocycles. The molecule has 0 spiro atoms. The molecule has 1 aliphatic carbocycles. The Balaban J connectivity index is 2.39. The molecule has 0 aromatic heterocycles. The van der Waals surface area contributed by atoms with Crippen LogP contribution in [0.2, 0.25) is 0 Å². The van der Waals surface area contributed by atoms with Crippen LogP contribution in [0.15, 0.2) is 18.2 Å². The van der Waals surface area contributed by atoms with Crippen molar-refractivity contribution in [3.63, 3.8) is 0 Å². The summed E-state index contributed by atoms with van der Waals surface area (Å²) in [5, 5.41) is 10.4. The summed E-state index contributed by atoms with van der Waals surface area (Å²) >= 11 is 0. The van der Waals surface area contributed by atoms with Gasteiger partial charge in [0.15, 0.2) is 0 Å². The van der Waals surface area contributed by atoms with Gasteiger partial charge in [0.05, 0.1) is 5.60 Å². The fraction of sp³-hybridized carbons (Fsp3) is 0.500. The van der Waals surface area contributed by atoms with E-state index >= 15 is 0 Å². The molecular weight excluding hydrogens is 174 g/mol. The van der Waals surface area contributed by atoms with Crippen molar-refractivity contribution < 1.29 is 5.11 Å². The Bertz CT molecular complexity index is 348. The first-order valence-corrected chi connectivity index (χ1v) is 5.18. The molecule has 0 fully saturated rings. The van der Waals surface area contributed by atoms with Gasteiger partial charge in [-0.05, 0) is 43.9 Å². The van der Waals surface area contributed by atoms with Gasteiger partial charge < -0.3 is 10.8 Å². The Morgan fingerprint density at radius 2 is 2.29 bits per heavy atom. The molecule has 0 amide bonds. The summed E-state index contributed by atoms with van der Waals surface area (Å²) in [6.07, 6.45) is 2.47. The van der Waals surface area contributed by atoms with E-state index < -0.39 is 5.60 Å². The van der Waals surface area contributed by atoms with Crippen LogP contribution in [0.3, 0.4) is 0 Å². The summed E-state index contributed by atoms with van der Waals surface area (Å²) in [5.74, 6) is 0. The molecule has 0 saturated heterocycles. The van der Waals surface area contributed by atoms with Gasteiger partial charge in [0.2, 0.25) is 0 Å². The number of hydrogen-bond acceptors (Lipinski definition) is 2. The fourth-order valence-corrected chi connectivity index (χ4v) is 2.36. The van der Waals surface area contributed by atoms with Crippen LogP contribution in [0, 0.1) is 6.92 Å². The Hall–Kier alpha value is -0.860. The van der Waals surface area contributed by atoms with Crippen LogP contribution in [0.5, 0.6) is 0 Å². The number of benzene rings is 1. The fourth-order valence-electron chi connectivity index (χ4n) is 2.36. The average molecular weight is 191 g/mol. The van der Waals surface area contributed by atoms with Crippen molar-refractivity contribution in [2.24, 2.45) is 5.73 Å². The van der Waals surface area contributed by atoms with Gasteiger partial charge >= 0.3 is 0 Å². The normalized spacial score (nSPS) is 25.1. The zero-order valence-corrected chi connectivity index (χ0v) is 8.59. The summed E-state index contributed by atoms with van der Waals surface area (Å²) in [5.41, 5.74) is 8.51. The summed E-state index contributed by atoms with van der Waals surface area (Å²) < 4.78 is 0. The number of fused-ring (bicyclic) bond motifs is 1. The van der Waals surface area contributed by atoms with Gasteiger partial charge in [0.25, 0.3) is 0 Å². The highest BCUT2D eigenvalue weighted by Gasteiger charge is 2.35. The standard InChI is InChI=1S/C12H17NO/c1-9-2-3-11-10(8-9)4-5-12(11,14)6-7-13/h2-3,8,14H,4-7,13H2,1H3. The monoisotopic (exact) mass is 191 g/mol. The zero-order chi connectivity index (χ0) is 10.2. The molecule has 3 N–H and O–H groups in total. The second-order valence-corrected chi connectivity index (χ2v) is 4.23. The third-order valence-corrected chi connectivity index (χ3v) is 3.13. The van der Waals surface area contributed by atoms with E-state index in [2.05, 4.69) is 19.1 Å². The first-order chi connectivity index (χ1) is 6.65. The summed E-state index contributed by atoms with van der Waals surface area (Å²) in [6.45, 7) is 2.63. The van der Waals surface area contributed by atoms with Crippen LogP contribution >= 0.6 is 0 Å². The molecule has 1 aliphatic rings. The van der Waals surface area contributed by atoms with Gasteiger partial charge in [-0.2, -0.15) is 0 Å². The van der Waals surface area contributed by atoms with E-state index in [0.717, 1.165) is 18.4 Å². The first-order valence-electron chi connectivity index (χ1n) is 5.18. The van der Waals surface area contributed by atoms with Gasteiger partial charge in [-0.25, -0.2) is 0 Å². The number of aliphatic hydroxyl groups is 1. The smallest absolute Gasteiger partial charge is 0.0914 e. The lowest BCUT2D eigenvalue weighted by Gasteiger charge is -2.23. The van der Waals surface area contributed by atoms with Crippen molar-refractivity contribution in [1.82, 2.24) is 0 Å². The van der Waals surface area contributed by atoms with Crippen LogP contribution in [-0.2, 0) is 12.0 Å². The van der Waals surface area contributed by atoms with Crippen molar-refractivity contribution in [2.45, 2.75) is 31.8 Å². The van der Waals surface area contributed by atoms with Crippen LogP contribution in [0.1, 0.15) is 29.5 Å². The van der Waals surface area contributed by atoms with Crippen molar-refractivity contribution in [1.29, 1.82) is 0 Å². The van der Waals surface area contributed by atoms with E-state index in [9.17, 15) is 5.11 Å². The number of nitrogens with two attached hydrogens (primary N) is 1. The quantitative estimate of drug-likeness (QED) is 0.743. The molecule has 2 heteroatoms. The second kappa shape index (κ2) is 3.37. The van der Waals surface area contributed by atoms with E-state index in [-0.39, 0.29) is 0 Å². The minimum Gasteiger partial charge on any atom is -0.385 e. The lowest BCUT2D eigenvalue weighted by Crippen LogP contribution is -2.25. The predicted octanol–water partition coefficient (Wildman–Crippen LogP) is 1.48. The first kappa shape index (κ1) is 9.69. The van der Waals surface area contributed by atoms with Crippen molar-refractivity contribution in [3.8, 4) is 0 Å². The molecule has 2 rings (SSSR count). The minimum absolute atomic E-state index is 0.545. The maximum Gasteiger partial charge on any atom is 0.0914 e. The predicted molar refractivity (Wildman–Crippen MR) is 57.1 cm³/mol. The molecule has 1 aromatic rings. The Kier molecular flexibility index (Phi) is 2.33. The molecular formula is C12H17NO. The van der Waals surface area contributed by atoms with Gasteiger partial charge in [-0.3, -0.25) is 0 Å². The summed E-state index contributed by atoms with van der Waals surface area (Å²) in [7, 11) is 0. The topological polar surface area (TPSA) is 46.2 Å². The molecule has 1 atom stereocenters. The average Bonchev–Trinajstić information content (AvgIpc) is 2.44. The second-order valence-electron chi connectivity index (χ2n) is 4.23. The highest BCUT2D eigenvalue weighted by molar-refractivity contribution is 5.39. The maximum atomic E-state index is 10.4. The van der Waals surface area contributed by atoms with Crippen LogP contribution < -0.4 is 5.73 Å². The lowest BCUT2D eigenvalue weighted by atomic mass is 9.92. The van der Waals surface area contributed by atoms with E-state index in [1.165, 1.54) is 11.1 Å². The maximum absolute atomic E-state index is 10.4. The van der Waals surface area contributed by atoms with Crippen molar-refractivity contribution >= 4 is 0 Å². The van der Waals surface area contributed by atoms with Gasteiger partial charge in [-0.15, -0.1) is 0 Å². The zero-order valence-electron chi connectivity index (χ0n) is 8.59. The molecule has 76 valence electrons. The van der Waals surface area contributed by atoms with E-state index in [1.807, 2.05) is 6.07 Å². The molecule has 1 unspecified atom stereocenters. The largest absolute Gasteiger partial charge is 0.385 e. The van der Waals surface area contributed by atoms with Crippen LogP contribution in [-0.4, -0.2) is 11.7 Å². The molecule has 0 aliphatic heterocycles. The number of hydrogen-bond donors (Lipinski definition) is 2. The van der Waals surface area contributed by atoms with Crippen molar-refractivity contribution in [2.75, 3.05) is 6.54 Å². The van der Waals surface area contributed by atoms with Gasteiger partial charge in [0, 0.05) is 0 Å². The third-order valence-electron chi connectivity index (χ3n) is 3.13. The van der Waals surface area contributed by atoms with Crippen LogP contribution in [0.25, 0.3) is 0 Å². The minimum atomic E-state index is -0.655. The number of rotatable bonds is 2. The molecule has 0 heterocycles. The Morgan fingerprint density at radius 1 is 1.50 bits per heavy atom.